The van der Waals surface area contributed by atoms with E-state index in [0.29, 0.717) is 17.8 Å². The molecule has 1 fully saturated rings. The summed E-state index contributed by atoms with van der Waals surface area (Å²) in [6.45, 7) is 1.70. The molecule has 1 aliphatic carbocycles. The molecule has 9 heteroatoms. The quantitative estimate of drug-likeness (QED) is 0.722. The molecule has 2 aromatic rings. The van der Waals surface area contributed by atoms with Crippen molar-refractivity contribution in [2.24, 2.45) is 11.8 Å². The number of rotatable bonds is 6. The van der Waals surface area contributed by atoms with Crippen LogP contribution in [0.5, 0.6) is 0 Å². The van der Waals surface area contributed by atoms with Crippen LogP contribution in [0.25, 0.3) is 0 Å². The molecule has 3 N–H and O–H groups in total. The van der Waals surface area contributed by atoms with Crippen LogP contribution in [0.1, 0.15) is 19.4 Å². The van der Waals surface area contributed by atoms with Crippen LogP contribution in [-0.4, -0.2) is 37.7 Å². The first-order chi connectivity index (χ1) is 12.0. The molecule has 9 nitrogen and oxygen atoms in total. The van der Waals surface area contributed by atoms with Crippen molar-refractivity contribution in [1.82, 2.24) is 14.8 Å². The normalized spacial score (nSPS) is 19.7. The summed E-state index contributed by atoms with van der Waals surface area (Å²) in [5.41, 5.74) is 1.12. The standard InChI is InChI=1S/C16H17N5O4/c1-9(21-8-17-7-18-21)14(22)19-10-2-4-11(5-3-10)20-15(23)12-6-13(12)16(24)25/h2-5,7-9,12-13H,6H2,1H3,(H,19,22)(H,20,23)(H,24,25). The molecule has 0 saturated heterocycles. The van der Waals surface area contributed by atoms with Crippen LogP contribution in [-0.2, 0) is 14.4 Å². The fraction of sp³-hybridized carbons (Fsp3) is 0.312. The summed E-state index contributed by atoms with van der Waals surface area (Å²) in [6.07, 6.45) is 3.19. The van der Waals surface area contributed by atoms with Crippen LogP contribution in [0, 0.1) is 11.8 Å². The van der Waals surface area contributed by atoms with Gasteiger partial charge in [0.05, 0.1) is 11.8 Å². The molecule has 130 valence electrons. The lowest BCUT2D eigenvalue weighted by atomic mass is 10.2. The Hall–Kier alpha value is -3.23. The summed E-state index contributed by atoms with van der Waals surface area (Å²) in [7, 11) is 0. The second-order valence-electron chi connectivity index (χ2n) is 5.89. The predicted molar refractivity (Wildman–Crippen MR) is 87.7 cm³/mol. The number of nitrogens with zero attached hydrogens (tertiary/aromatic N) is 3. The van der Waals surface area contributed by atoms with Crippen LogP contribution >= 0.6 is 0 Å². The first-order valence-electron chi connectivity index (χ1n) is 7.74. The molecule has 1 aliphatic rings. The Morgan fingerprint density at radius 2 is 1.80 bits per heavy atom. The van der Waals surface area contributed by atoms with Gasteiger partial charge in [0, 0.05) is 11.4 Å². The number of hydrogen-bond acceptors (Lipinski definition) is 5. The molecule has 1 saturated carbocycles. The lowest BCUT2D eigenvalue weighted by molar-refractivity contribution is -0.139. The Morgan fingerprint density at radius 1 is 1.16 bits per heavy atom. The Morgan fingerprint density at radius 3 is 2.32 bits per heavy atom. The van der Waals surface area contributed by atoms with E-state index in [0.717, 1.165) is 0 Å². The zero-order chi connectivity index (χ0) is 18.0. The number of carbonyl (C=O) groups excluding carboxylic acids is 2. The zero-order valence-electron chi connectivity index (χ0n) is 13.4. The molecule has 1 aromatic carbocycles. The van der Waals surface area contributed by atoms with Gasteiger partial charge in [-0.15, -0.1) is 0 Å². The third-order valence-corrected chi connectivity index (χ3v) is 4.08. The molecule has 0 spiro atoms. The number of benzene rings is 1. The third-order valence-electron chi connectivity index (χ3n) is 4.08. The molecule has 2 amide bonds. The minimum Gasteiger partial charge on any atom is -0.481 e. The summed E-state index contributed by atoms with van der Waals surface area (Å²) in [5.74, 6) is -2.55. The van der Waals surface area contributed by atoms with Gasteiger partial charge in [0.15, 0.2) is 0 Å². The average molecular weight is 343 g/mol. The highest BCUT2D eigenvalue weighted by molar-refractivity contribution is 5.98. The van der Waals surface area contributed by atoms with Crippen molar-refractivity contribution in [3.05, 3.63) is 36.9 Å². The number of anilines is 2. The minimum absolute atomic E-state index is 0.246. The van der Waals surface area contributed by atoms with E-state index in [9.17, 15) is 14.4 Å². The average Bonchev–Trinajstić information content (AvgIpc) is 3.23. The highest BCUT2D eigenvalue weighted by Crippen LogP contribution is 2.39. The van der Waals surface area contributed by atoms with Crippen LogP contribution in [0.15, 0.2) is 36.9 Å². The maximum Gasteiger partial charge on any atom is 0.307 e. The Kier molecular flexibility index (Phi) is 4.46. The molecule has 0 radical (unpaired) electrons. The summed E-state index contributed by atoms with van der Waals surface area (Å²) in [4.78, 5) is 38.6. The van der Waals surface area contributed by atoms with E-state index < -0.39 is 23.8 Å². The van der Waals surface area contributed by atoms with Gasteiger partial charge in [-0.2, -0.15) is 5.10 Å². The van der Waals surface area contributed by atoms with Crippen LogP contribution in [0.2, 0.25) is 0 Å². The van der Waals surface area contributed by atoms with Gasteiger partial charge in [0.1, 0.15) is 18.7 Å². The van der Waals surface area contributed by atoms with Crippen molar-refractivity contribution >= 4 is 29.2 Å². The third kappa shape index (κ3) is 3.82. The van der Waals surface area contributed by atoms with Crippen molar-refractivity contribution in [2.45, 2.75) is 19.4 Å². The highest BCUT2D eigenvalue weighted by atomic mass is 16.4. The number of carboxylic acid groups (broad SMARTS) is 1. The van der Waals surface area contributed by atoms with E-state index in [1.807, 2.05) is 0 Å². The largest absolute Gasteiger partial charge is 0.481 e. The topological polar surface area (TPSA) is 126 Å². The Labute approximate surface area is 143 Å². The first kappa shape index (κ1) is 16.6. The van der Waals surface area contributed by atoms with Crippen molar-refractivity contribution < 1.29 is 19.5 Å². The number of carbonyl (C=O) groups is 3. The van der Waals surface area contributed by atoms with Gasteiger partial charge in [-0.3, -0.25) is 14.4 Å². The molecule has 3 rings (SSSR count). The molecule has 25 heavy (non-hydrogen) atoms. The summed E-state index contributed by atoms with van der Waals surface area (Å²) in [6, 6.07) is 6.09. The van der Waals surface area contributed by atoms with Crippen molar-refractivity contribution in [1.29, 1.82) is 0 Å². The van der Waals surface area contributed by atoms with Crippen LogP contribution in [0.3, 0.4) is 0 Å². The molecule has 0 aliphatic heterocycles. The molecular weight excluding hydrogens is 326 g/mol. The van der Waals surface area contributed by atoms with Crippen molar-refractivity contribution in [3.63, 3.8) is 0 Å². The van der Waals surface area contributed by atoms with Crippen LogP contribution in [0.4, 0.5) is 11.4 Å². The van der Waals surface area contributed by atoms with E-state index in [1.165, 1.54) is 17.3 Å². The number of carboxylic acids is 1. The number of aromatic nitrogens is 3. The Balaban J connectivity index is 1.54. The fourth-order valence-corrected chi connectivity index (χ4v) is 2.41. The van der Waals surface area contributed by atoms with E-state index in [-0.39, 0.29) is 11.8 Å². The zero-order valence-corrected chi connectivity index (χ0v) is 13.4. The number of amides is 2. The monoisotopic (exact) mass is 343 g/mol. The molecular formula is C16H17N5O4. The number of aliphatic carboxylic acids is 1. The van der Waals surface area contributed by atoms with Gasteiger partial charge in [-0.25, -0.2) is 9.67 Å². The van der Waals surface area contributed by atoms with Crippen molar-refractivity contribution in [3.8, 4) is 0 Å². The van der Waals surface area contributed by atoms with Crippen LogP contribution < -0.4 is 10.6 Å². The summed E-state index contributed by atoms with van der Waals surface area (Å²) < 4.78 is 1.44. The second-order valence-corrected chi connectivity index (χ2v) is 5.89. The number of nitrogens with one attached hydrogen (secondary N) is 2. The van der Waals surface area contributed by atoms with Crippen molar-refractivity contribution in [2.75, 3.05) is 10.6 Å². The van der Waals surface area contributed by atoms with Gasteiger partial charge in [0.25, 0.3) is 0 Å². The number of hydrogen-bond donors (Lipinski definition) is 3. The molecule has 1 heterocycles. The lowest BCUT2D eigenvalue weighted by Gasteiger charge is -2.12. The second kappa shape index (κ2) is 6.71. The maximum atomic E-state index is 12.1. The smallest absolute Gasteiger partial charge is 0.307 e. The maximum absolute atomic E-state index is 12.1. The highest BCUT2D eigenvalue weighted by Gasteiger charge is 2.48. The van der Waals surface area contributed by atoms with Gasteiger partial charge in [-0.05, 0) is 37.6 Å². The SMILES string of the molecule is CC(C(=O)Nc1ccc(NC(=O)C2CC2C(=O)O)cc1)n1cncn1. The molecule has 0 bridgehead atoms. The van der Waals surface area contributed by atoms with Gasteiger partial charge < -0.3 is 15.7 Å². The molecule has 3 unspecified atom stereocenters. The van der Waals surface area contributed by atoms with E-state index in [4.69, 9.17) is 5.11 Å². The van der Waals surface area contributed by atoms with E-state index in [1.54, 1.807) is 31.2 Å². The van der Waals surface area contributed by atoms with Gasteiger partial charge in [0.2, 0.25) is 11.8 Å². The first-order valence-corrected chi connectivity index (χ1v) is 7.74. The van der Waals surface area contributed by atoms with E-state index >= 15 is 0 Å². The minimum atomic E-state index is -0.945. The summed E-state index contributed by atoms with van der Waals surface area (Å²) in [5, 5.41) is 18.2. The predicted octanol–water partition coefficient (Wildman–Crippen LogP) is 1.14. The van der Waals surface area contributed by atoms with Gasteiger partial charge >= 0.3 is 5.97 Å². The molecule has 1 aromatic heterocycles. The summed E-state index contributed by atoms with van der Waals surface area (Å²) >= 11 is 0. The van der Waals surface area contributed by atoms with E-state index in [2.05, 4.69) is 20.7 Å². The Bertz CT molecular complexity index is 787. The lowest BCUT2D eigenvalue weighted by Crippen LogP contribution is -2.24. The fourth-order valence-electron chi connectivity index (χ4n) is 2.41. The molecule has 3 atom stereocenters. The van der Waals surface area contributed by atoms with Gasteiger partial charge in [-0.1, -0.05) is 0 Å².